The highest BCUT2D eigenvalue weighted by Gasteiger charge is 2.46. The third-order valence-corrected chi connectivity index (χ3v) is 8.98. The fraction of sp³-hybridized carbons (Fsp3) is 0.429. The van der Waals surface area contributed by atoms with Gasteiger partial charge in [0.2, 0.25) is 5.91 Å². The molecule has 0 radical (unpaired) electrons. The van der Waals surface area contributed by atoms with Gasteiger partial charge in [-0.3, -0.25) is 14.5 Å². The van der Waals surface area contributed by atoms with Crippen LogP contribution in [0, 0.1) is 5.82 Å². The van der Waals surface area contributed by atoms with E-state index in [0.717, 1.165) is 55.8 Å². The van der Waals surface area contributed by atoms with Crippen molar-refractivity contribution in [1.29, 1.82) is 0 Å². The molecule has 0 saturated carbocycles. The molecule has 0 aliphatic carbocycles. The first-order chi connectivity index (χ1) is 21.5. The molecule has 1 fully saturated rings. The number of hydrogen-bond acceptors (Lipinski definition) is 6. The van der Waals surface area contributed by atoms with Gasteiger partial charge in [0.1, 0.15) is 5.82 Å². The van der Waals surface area contributed by atoms with Crippen LogP contribution >= 0.6 is 0 Å². The summed E-state index contributed by atoms with van der Waals surface area (Å²) in [6.07, 6.45) is 1.49. The molecular weight excluding hydrogens is 559 g/mol. The lowest BCUT2D eigenvalue weighted by Gasteiger charge is -2.45. The van der Waals surface area contributed by atoms with Gasteiger partial charge in [0.15, 0.2) is 11.5 Å². The normalized spacial score (nSPS) is 19.6. The molecule has 3 heterocycles. The van der Waals surface area contributed by atoms with E-state index >= 15 is 0 Å². The van der Waals surface area contributed by atoms with Gasteiger partial charge in [-0.1, -0.05) is 30.3 Å². The predicted octanol–water partition coefficient (Wildman–Crippen LogP) is 4.79. The zero-order valence-electron chi connectivity index (χ0n) is 25.6. The maximum absolute atomic E-state index is 14.2. The van der Waals surface area contributed by atoms with Gasteiger partial charge in [-0.15, -0.1) is 0 Å². The first kappa shape index (κ1) is 29.9. The van der Waals surface area contributed by atoms with Crippen LogP contribution in [0.15, 0.2) is 60.7 Å². The number of anilines is 1. The van der Waals surface area contributed by atoms with Crippen molar-refractivity contribution in [2.24, 2.45) is 0 Å². The molecule has 1 saturated heterocycles. The van der Waals surface area contributed by atoms with Gasteiger partial charge in [-0.05, 0) is 80.3 Å². The number of fused-ring (bicyclic) bond motifs is 4. The fourth-order valence-corrected chi connectivity index (χ4v) is 6.90. The average molecular weight is 601 g/mol. The first-order valence-corrected chi connectivity index (χ1v) is 15.8. The van der Waals surface area contributed by atoms with Crippen LogP contribution in [0.4, 0.5) is 10.1 Å². The lowest BCUT2D eigenvalue weighted by atomic mass is 9.75. The minimum atomic E-state index is -0.542. The Morgan fingerprint density at radius 1 is 0.909 bits per heavy atom. The maximum atomic E-state index is 14.2. The molecule has 0 spiro atoms. The van der Waals surface area contributed by atoms with Gasteiger partial charge in [-0.2, -0.15) is 0 Å². The summed E-state index contributed by atoms with van der Waals surface area (Å²) in [6, 6.07) is 18.0. The minimum absolute atomic E-state index is 0.0401. The van der Waals surface area contributed by atoms with Gasteiger partial charge >= 0.3 is 0 Å². The van der Waals surface area contributed by atoms with Crippen molar-refractivity contribution < 1.29 is 23.5 Å². The minimum Gasteiger partial charge on any atom is -0.490 e. The fourth-order valence-electron chi connectivity index (χ4n) is 6.90. The summed E-state index contributed by atoms with van der Waals surface area (Å²) < 4.78 is 26.1. The van der Waals surface area contributed by atoms with Gasteiger partial charge in [0.05, 0.1) is 30.9 Å². The number of benzene rings is 3. The smallest absolute Gasteiger partial charge is 0.254 e. The molecule has 0 bridgehead atoms. The van der Waals surface area contributed by atoms with Crippen molar-refractivity contribution in [3.63, 3.8) is 0 Å². The van der Waals surface area contributed by atoms with E-state index in [1.54, 1.807) is 6.07 Å². The summed E-state index contributed by atoms with van der Waals surface area (Å²) in [7, 11) is 0. The van der Waals surface area contributed by atoms with E-state index in [2.05, 4.69) is 15.1 Å². The molecule has 44 heavy (non-hydrogen) atoms. The van der Waals surface area contributed by atoms with Crippen molar-refractivity contribution in [1.82, 2.24) is 15.1 Å². The molecule has 3 aromatic rings. The molecule has 2 amide bonds. The van der Waals surface area contributed by atoms with Crippen LogP contribution < -0.4 is 19.7 Å². The van der Waals surface area contributed by atoms with Crippen LogP contribution in [-0.2, 0) is 11.2 Å². The zero-order valence-corrected chi connectivity index (χ0v) is 25.6. The summed E-state index contributed by atoms with van der Waals surface area (Å²) in [6.45, 7) is 10.0. The molecule has 3 aliphatic rings. The van der Waals surface area contributed by atoms with E-state index in [4.69, 9.17) is 9.47 Å². The highest BCUT2D eigenvalue weighted by Crippen LogP contribution is 2.48. The number of para-hydroxylation sites is 1. The first-order valence-electron chi connectivity index (χ1n) is 15.8. The molecular formula is C35H41FN4O4. The molecule has 8 nitrogen and oxygen atoms in total. The molecule has 232 valence electrons. The quantitative estimate of drug-likeness (QED) is 0.338. The van der Waals surface area contributed by atoms with E-state index in [-0.39, 0.29) is 17.6 Å². The number of amides is 2. The molecule has 6 rings (SSSR count). The van der Waals surface area contributed by atoms with Gasteiger partial charge in [0, 0.05) is 44.8 Å². The van der Waals surface area contributed by atoms with E-state index in [1.807, 2.05) is 67.3 Å². The Morgan fingerprint density at radius 2 is 1.61 bits per heavy atom. The Morgan fingerprint density at radius 3 is 2.36 bits per heavy atom. The SMILES string of the molecule is CCOc1cc2c(cc1OCC)[C@@H]1[C@@H](C(=O)NCCCN3CCN(c4ccccc4F)CC3)c3ccccc3C(=O)N1CC2. The lowest BCUT2D eigenvalue weighted by molar-refractivity contribution is -0.124. The van der Waals surface area contributed by atoms with Crippen LogP contribution in [0.5, 0.6) is 11.5 Å². The van der Waals surface area contributed by atoms with Crippen molar-refractivity contribution in [3.05, 3.63) is 88.7 Å². The van der Waals surface area contributed by atoms with Crippen LogP contribution in [0.1, 0.15) is 59.3 Å². The van der Waals surface area contributed by atoms with Crippen LogP contribution in [0.3, 0.4) is 0 Å². The van der Waals surface area contributed by atoms with Crippen LogP contribution in [0.2, 0.25) is 0 Å². The molecule has 0 aromatic heterocycles. The second-order valence-corrected chi connectivity index (χ2v) is 11.5. The number of carbonyl (C=O) groups is 2. The summed E-state index contributed by atoms with van der Waals surface area (Å²) in [5.41, 5.74) is 4.04. The summed E-state index contributed by atoms with van der Waals surface area (Å²) in [5, 5.41) is 3.21. The number of halogens is 1. The summed E-state index contributed by atoms with van der Waals surface area (Å²) in [5.74, 6) is 0.485. The summed E-state index contributed by atoms with van der Waals surface area (Å²) in [4.78, 5) is 34.0. The van der Waals surface area contributed by atoms with Gasteiger partial charge in [0.25, 0.3) is 5.91 Å². The zero-order chi connectivity index (χ0) is 30.6. The summed E-state index contributed by atoms with van der Waals surface area (Å²) >= 11 is 0. The number of nitrogens with zero attached hydrogens (tertiary/aromatic N) is 3. The Balaban J connectivity index is 1.16. The van der Waals surface area contributed by atoms with E-state index in [9.17, 15) is 14.0 Å². The second-order valence-electron chi connectivity index (χ2n) is 11.5. The molecule has 2 atom stereocenters. The average Bonchev–Trinajstić information content (AvgIpc) is 3.04. The Hall–Kier alpha value is -4.11. The lowest BCUT2D eigenvalue weighted by Crippen LogP contribution is -2.50. The monoisotopic (exact) mass is 600 g/mol. The largest absolute Gasteiger partial charge is 0.490 e. The molecule has 3 aliphatic heterocycles. The van der Waals surface area contributed by atoms with Crippen molar-refractivity contribution in [2.75, 3.05) is 63.9 Å². The topological polar surface area (TPSA) is 74.4 Å². The highest BCUT2D eigenvalue weighted by atomic mass is 19.1. The van der Waals surface area contributed by atoms with Crippen molar-refractivity contribution in [3.8, 4) is 11.5 Å². The number of rotatable bonds is 10. The Labute approximate surface area is 258 Å². The maximum Gasteiger partial charge on any atom is 0.254 e. The predicted molar refractivity (Wildman–Crippen MR) is 168 cm³/mol. The van der Waals surface area contributed by atoms with E-state index in [0.29, 0.717) is 55.5 Å². The van der Waals surface area contributed by atoms with Crippen molar-refractivity contribution in [2.45, 2.75) is 38.6 Å². The Bertz CT molecular complexity index is 1510. The highest BCUT2D eigenvalue weighted by molar-refractivity contribution is 6.01. The van der Waals surface area contributed by atoms with Crippen molar-refractivity contribution >= 4 is 17.5 Å². The van der Waals surface area contributed by atoms with Gasteiger partial charge in [-0.25, -0.2) is 4.39 Å². The standard InChI is InChI=1S/C35H41FN4O4/c1-3-43-30-22-24-14-17-40-33(27(24)23-31(30)44-4-2)32(25-10-5-6-11-26(25)35(40)42)34(41)37-15-9-16-38-18-20-39(21-19-38)29-13-8-7-12-28(29)36/h5-8,10-13,22-23,32-33H,3-4,9,14-21H2,1-2H3,(H,37,41)/t32-,33+/m0/s1. The van der Waals surface area contributed by atoms with Gasteiger partial charge < -0.3 is 24.6 Å². The number of carbonyl (C=O) groups excluding carboxylic acids is 2. The third-order valence-electron chi connectivity index (χ3n) is 8.98. The van der Waals surface area contributed by atoms with Crippen LogP contribution in [0.25, 0.3) is 0 Å². The number of hydrogen-bond donors (Lipinski definition) is 1. The molecule has 3 aromatic carbocycles. The number of ether oxygens (including phenoxy) is 2. The molecule has 9 heteroatoms. The van der Waals surface area contributed by atoms with E-state index in [1.165, 1.54) is 6.07 Å². The third kappa shape index (κ3) is 5.85. The molecule has 1 N–H and O–H groups in total. The second kappa shape index (κ2) is 13.3. The molecule has 0 unspecified atom stereocenters. The Kier molecular flexibility index (Phi) is 9.02. The number of piperazine rings is 1. The van der Waals surface area contributed by atoms with E-state index < -0.39 is 12.0 Å². The van der Waals surface area contributed by atoms with Crippen LogP contribution in [-0.4, -0.2) is 80.6 Å². The number of nitrogens with one attached hydrogen (secondary N) is 1.